The molecule has 0 bridgehead atoms. The number of para-hydroxylation sites is 1. The van der Waals surface area contributed by atoms with Crippen LogP contribution in [0.25, 0.3) is 0 Å². The minimum Gasteiger partial charge on any atom is -0.258 e. The molecule has 1 aromatic carbocycles. The van der Waals surface area contributed by atoms with Gasteiger partial charge >= 0.3 is 0 Å². The first kappa shape index (κ1) is 16.1. The maximum absolute atomic E-state index is 10.2. The average Bonchev–Trinajstić information content (AvgIpc) is 2.22. The Morgan fingerprint density at radius 2 is 1.60 bits per heavy atom. The zero-order valence-electron chi connectivity index (χ0n) is 10.3. The van der Waals surface area contributed by atoms with E-state index in [1.165, 1.54) is 12.5 Å². The summed E-state index contributed by atoms with van der Waals surface area (Å²) >= 11 is 0. The summed E-state index contributed by atoms with van der Waals surface area (Å²) in [4.78, 5) is 9.85. The van der Waals surface area contributed by atoms with Gasteiger partial charge in [0.2, 0.25) is 0 Å². The number of hydrogen-bond acceptors (Lipinski definition) is 2. The summed E-state index contributed by atoms with van der Waals surface area (Å²) in [5, 5.41) is 10.2. The quantitative estimate of drug-likeness (QED) is 0.512. The van der Waals surface area contributed by atoms with E-state index >= 15 is 0 Å². The van der Waals surface area contributed by atoms with E-state index in [0.29, 0.717) is 5.56 Å². The lowest BCUT2D eigenvalue weighted by atomic mass is 10.2. The lowest BCUT2D eigenvalue weighted by molar-refractivity contribution is -0.385. The van der Waals surface area contributed by atoms with E-state index in [0.717, 1.165) is 0 Å². The van der Waals surface area contributed by atoms with Gasteiger partial charge < -0.3 is 0 Å². The lowest BCUT2D eigenvalue weighted by Crippen LogP contribution is -1.89. The Labute approximate surface area is 92.3 Å². The number of nitro benzene ring substituents is 1. The highest BCUT2D eigenvalue weighted by molar-refractivity contribution is 5.38. The molecule has 0 heterocycles. The van der Waals surface area contributed by atoms with E-state index in [9.17, 15) is 10.1 Å². The average molecular weight is 211 g/mol. The minimum absolute atomic E-state index is 0.183. The van der Waals surface area contributed by atoms with Crippen LogP contribution in [0.1, 0.15) is 39.7 Å². The maximum Gasteiger partial charge on any atom is 0.272 e. The summed E-state index contributed by atoms with van der Waals surface area (Å²) < 4.78 is 0. The second-order valence-electron chi connectivity index (χ2n) is 2.75. The number of aryl methyl sites for hydroxylation is 1. The Balaban J connectivity index is 0. The lowest BCUT2D eigenvalue weighted by Gasteiger charge is -1.92. The Hall–Kier alpha value is -1.38. The molecular weight excluding hydrogens is 190 g/mol. The molecule has 0 aliphatic rings. The van der Waals surface area contributed by atoms with Crippen LogP contribution in [0.5, 0.6) is 0 Å². The van der Waals surface area contributed by atoms with Crippen molar-refractivity contribution in [3.05, 3.63) is 39.9 Å². The van der Waals surface area contributed by atoms with Crippen molar-refractivity contribution in [3.8, 4) is 0 Å². The van der Waals surface area contributed by atoms with Gasteiger partial charge in [-0.2, -0.15) is 0 Å². The summed E-state index contributed by atoms with van der Waals surface area (Å²) in [6.07, 6.45) is 1.25. The molecule has 3 heteroatoms. The fourth-order valence-corrected chi connectivity index (χ4v) is 0.768. The van der Waals surface area contributed by atoms with Crippen LogP contribution in [0.15, 0.2) is 24.3 Å². The molecule has 0 fully saturated rings. The molecule has 0 aromatic heterocycles. The van der Waals surface area contributed by atoms with Gasteiger partial charge in [-0.3, -0.25) is 10.1 Å². The molecule has 0 N–H and O–H groups in total. The van der Waals surface area contributed by atoms with Crippen molar-refractivity contribution in [1.82, 2.24) is 0 Å². The fourth-order valence-electron chi connectivity index (χ4n) is 0.768. The van der Waals surface area contributed by atoms with Crippen LogP contribution in [0, 0.1) is 17.0 Å². The molecule has 1 aromatic rings. The SMILES string of the molecule is CC.CCC.Cc1ccccc1[N+](=O)[O-]. The van der Waals surface area contributed by atoms with Crippen molar-refractivity contribution in [2.75, 3.05) is 0 Å². The second-order valence-corrected chi connectivity index (χ2v) is 2.75. The largest absolute Gasteiger partial charge is 0.272 e. The van der Waals surface area contributed by atoms with E-state index in [2.05, 4.69) is 13.8 Å². The van der Waals surface area contributed by atoms with Gasteiger partial charge in [0.1, 0.15) is 0 Å². The van der Waals surface area contributed by atoms with Gasteiger partial charge in [-0.15, -0.1) is 0 Å². The molecule has 3 nitrogen and oxygen atoms in total. The number of nitrogens with zero attached hydrogens (tertiary/aromatic N) is 1. The Morgan fingerprint density at radius 3 is 1.87 bits per heavy atom. The fraction of sp³-hybridized carbons (Fsp3) is 0.500. The zero-order valence-corrected chi connectivity index (χ0v) is 10.3. The predicted molar refractivity (Wildman–Crippen MR) is 65.1 cm³/mol. The summed E-state index contributed by atoms with van der Waals surface area (Å²) in [5.41, 5.74) is 0.884. The van der Waals surface area contributed by atoms with E-state index in [-0.39, 0.29) is 10.6 Å². The van der Waals surface area contributed by atoms with Crippen LogP contribution in [-0.2, 0) is 0 Å². The van der Waals surface area contributed by atoms with Gasteiger partial charge in [-0.05, 0) is 6.92 Å². The van der Waals surface area contributed by atoms with E-state index in [1.807, 2.05) is 13.8 Å². The van der Waals surface area contributed by atoms with Gasteiger partial charge in [-0.1, -0.05) is 52.3 Å². The Kier molecular flexibility index (Phi) is 11.5. The molecule has 0 aliphatic heterocycles. The second kappa shape index (κ2) is 10.7. The molecule has 0 radical (unpaired) electrons. The highest BCUT2D eigenvalue weighted by Crippen LogP contribution is 2.14. The normalized spacial score (nSPS) is 7.80. The molecule has 0 atom stereocenters. The highest BCUT2D eigenvalue weighted by Gasteiger charge is 2.05. The van der Waals surface area contributed by atoms with Gasteiger partial charge in [0, 0.05) is 11.6 Å². The third-order valence-corrected chi connectivity index (χ3v) is 1.31. The van der Waals surface area contributed by atoms with Gasteiger partial charge in [0.05, 0.1) is 4.92 Å². The number of hydrogen-bond donors (Lipinski definition) is 0. The van der Waals surface area contributed by atoms with Crippen LogP contribution in [-0.4, -0.2) is 4.92 Å². The van der Waals surface area contributed by atoms with Crippen molar-refractivity contribution in [2.45, 2.75) is 41.0 Å². The summed E-state index contributed by atoms with van der Waals surface area (Å²) in [7, 11) is 0. The Bertz CT molecular complexity index is 272. The van der Waals surface area contributed by atoms with Gasteiger partial charge in [0.25, 0.3) is 5.69 Å². The van der Waals surface area contributed by atoms with Crippen molar-refractivity contribution in [1.29, 1.82) is 0 Å². The molecule has 0 saturated carbocycles. The monoisotopic (exact) mass is 211 g/mol. The van der Waals surface area contributed by atoms with Gasteiger partial charge in [0.15, 0.2) is 0 Å². The van der Waals surface area contributed by atoms with Crippen LogP contribution < -0.4 is 0 Å². The molecule has 1 rings (SSSR count). The molecule has 86 valence electrons. The van der Waals surface area contributed by atoms with Crippen molar-refractivity contribution in [3.63, 3.8) is 0 Å². The van der Waals surface area contributed by atoms with Gasteiger partial charge in [-0.25, -0.2) is 0 Å². The molecular formula is C12H21NO2. The highest BCUT2D eigenvalue weighted by atomic mass is 16.6. The zero-order chi connectivity index (χ0) is 12.3. The smallest absolute Gasteiger partial charge is 0.258 e. The molecule has 0 amide bonds. The van der Waals surface area contributed by atoms with Crippen LogP contribution in [0.4, 0.5) is 5.69 Å². The molecule has 0 unspecified atom stereocenters. The minimum atomic E-state index is -0.380. The number of nitro groups is 1. The summed E-state index contributed by atoms with van der Waals surface area (Å²) in [6, 6.07) is 6.65. The van der Waals surface area contributed by atoms with Crippen LogP contribution in [0.2, 0.25) is 0 Å². The van der Waals surface area contributed by atoms with Crippen molar-refractivity contribution < 1.29 is 4.92 Å². The first-order valence-electron chi connectivity index (χ1n) is 5.33. The maximum atomic E-state index is 10.2. The number of benzene rings is 1. The number of rotatable bonds is 1. The van der Waals surface area contributed by atoms with Crippen LogP contribution in [0.3, 0.4) is 0 Å². The molecule has 0 saturated heterocycles. The van der Waals surface area contributed by atoms with Crippen molar-refractivity contribution >= 4 is 5.69 Å². The standard InChI is InChI=1S/C7H7NO2.C3H8.C2H6/c1-6-4-2-3-5-7(6)8(9)10;1-3-2;1-2/h2-5H,1H3;3H2,1-2H3;1-2H3. The summed E-state index contributed by atoms with van der Waals surface area (Å²) in [6.45, 7) is 9.97. The molecule has 0 aliphatic carbocycles. The topological polar surface area (TPSA) is 43.1 Å². The summed E-state index contributed by atoms with van der Waals surface area (Å²) in [5.74, 6) is 0. The first-order valence-corrected chi connectivity index (χ1v) is 5.33. The van der Waals surface area contributed by atoms with Crippen LogP contribution >= 0.6 is 0 Å². The third-order valence-electron chi connectivity index (χ3n) is 1.31. The predicted octanol–water partition coefficient (Wildman–Crippen LogP) is 4.35. The van der Waals surface area contributed by atoms with E-state index in [4.69, 9.17) is 0 Å². The third kappa shape index (κ3) is 7.67. The van der Waals surface area contributed by atoms with E-state index in [1.54, 1.807) is 25.1 Å². The molecule has 0 spiro atoms. The molecule has 15 heavy (non-hydrogen) atoms. The first-order chi connectivity index (χ1) is 7.13. The van der Waals surface area contributed by atoms with E-state index < -0.39 is 0 Å². The Morgan fingerprint density at radius 1 is 1.20 bits per heavy atom. The van der Waals surface area contributed by atoms with Crippen molar-refractivity contribution in [2.24, 2.45) is 0 Å².